The van der Waals surface area contributed by atoms with E-state index < -0.39 is 12.0 Å². The number of aliphatic carboxylic acids is 1. The van der Waals surface area contributed by atoms with E-state index >= 15 is 0 Å². The van der Waals surface area contributed by atoms with Gasteiger partial charge in [-0.05, 0) is 49.9 Å². The molecule has 7 heteroatoms. The van der Waals surface area contributed by atoms with Crippen molar-refractivity contribution in [3.05, 3.63) is 34.2 Å². The lowest BCUT2D eigenvalue weighted by Crippen LogP contribution is -2.41. The molecule has 1 aromatic carbocycles. The van der Waals surface area contributed by atoms with Crippen LogP contribution in [0.1, 0.15) is 36.5 Å². The van der Waals surface area contributed by atoms with Gasteiger partial charge in [0.2, 0.25) is 5.91 Å². The smallest absolute Gasteiger partial charge is 0.320 e. The van der Waals surface area contributed by atoms with Crippen LogP contribution in [0, 0.1) is 20.8 Å². The number of anilines is 1. The van der Waals surface area contributed by atoms with Crippen molar-refractivity contribution in [3.8, 4) is 11.3 Å². The number of amides is 1. The van der Waals surface area contributed by atoms with Crippen LogP contribution in [0.2, 0.25) is 0 Å². The number of carbonyl (C=O) groups excluding carboxylic acids is 1. The lowest BCUT2D eigenvalue weighted by atomic mass is 9.99. The maximum atomic E-state index is 12.1. The maximum absolute atomic E-state index is 12.1. The van der Waals surface area contributed by atoms with E-state index in [0.717, 1.165) is 23.2 Å². The molecule has 1 heterocycles. The zero-order valence-electron chi connectivity index (χ0n) is 15.5. The molecule has 0 saturated carbocycles. The third-order valence-electron chi connectivity index (χ3n) is 4.25. The van der Waals surface area contributed by atoms with Crippen molar-refractivity contribution in [2.75, 3.05) is 11.9 Å². The van der Waals surface area contributed by atoms with Crippen molar-refractivity contribution in [1.82, 2.24) is 10.3 Å². The molecular formula is C19H25N3O3S. The van der Waals surface area contributed by atoms with Gasteiger partial charge in [0.25, 0.3) is 0 Å². The highest BCUT2D eigenvalue weighted by Gasteiger charge is 2.17. The molecule has 1 unspecified atom stereocenters. The van der Waals surface area contributed by atoms with Gasteiger partial charge in [0.1, 0.15) is 6.04 Å². The fourth-order valence-electron chi connectivity index (χ4n) is 2.67. The van der Waals surface area contributed by atoms with Crippen LogP contribution in [0.3, 0.4) is 0 Å². The molecule has 0 spiro atoms. The van der Waals surface area contributed by atoms with Crippen molar-refractivity contribution in [3.63, 3.8) is 0 Å². The van der Waals surface area contributed by atoms with Gasteiger partial charge in [-0.2, -0.15) is 0 Å². The Hall–Kier alpha value is -2.25. The summed E-state index contributed by atoms with van der Waals surface area (Å²) < 4.78 is 0. The highest BCUT2D eigenvalue weighted by molar-refractivity contribution is 7.14. The molecule has 0 bridgehead atoms. The molecule has 140 valence electrons. The van der Waals surface area contributed by atoms with Gasteiger partial charge in [-0.1, -0.05) is 19.4 Å². The molecule has 1 aromatic heterocycles. The summed E-state index contributed by atoms with van der Waals surface area (Å²) in [5.41, 5.74) is 5.46. The molecule has 0 aliphatic heterocycles. The summed E-state index contributed by atoms with van der Waals surface area (Å²) in [4.78, 5) is 27.6. The Balaban J connectivity index is 2.01. The summed E-state index contributed by atoms with van der Waals surface area (Å²) in [5, 5.41) is 17.0. The van der Waals surface area contributed by atoms with E-state index in [-0.39, 0.29) is 12.5 Å². The third kappa shape index (κ3) is 5.12. The minimum absolute atomic E-state index is 0.0610. The number of carboxylic acid groups (broad SMARTS) is 1. The first kappa shape index (κ1) is 20.1. The monoisotopic (exact) mass is 375 g/mol. The number of benzene rings is 1. The number of thiazole rings is 1. The number of hydrogen-bond acceptors (Lipinski definition) is 5. The molecule has 2 rings (SSSR count). The van der Waals surface area contributed by atoms with Crippen LogP contribution in [-0.2, 0) is 9.59 Å². The molecule has 1 atom stereocenters. The summed E-state index contributed by atoms with van der Waals surface area (Å²) >= 11 is 1.36. The van der Waals surface area contributed by atoms with Gasteiger partial charge < -0.3 is 10.4 Å². The summed E-state index contributed by atoms with van der Waals surface area (Å²) in [6, 6.07) is 3.52. The van der Waals surface area contributed by atoms with E-state index in [9.17, 15) is 9.59 Å². The first-order valence-corrected chi connectivity index (χ1v) is 9.49. The van der Waals surface area contributed by atoms with Crippen molar-refractivity contribution in [1.29, 1.82) is 0 Å². The second-order valence-corrected chi connectivity index (χ2v) is 7.26. The molecule has 2 aromatic rings. The van der Waals surface area contributed by atoms with Crippen LogP contribution < -0.4 is 10.6 Å². The molecular weight excluding hydrogens is 350 g/mol. The first-order chi connectivity index (χ1) is 12.3. The lowest BCUT2D eigenvalue weighted by Gasteiger charge is -2.12. The van der Waals surface area contributed by atoms with Gasteiger partial charge in [0.05, 0.1) is 12.2 Å². The Bertz CT molecular complexity index is 801. The summed E-state index contributed by atoms with van der Waals surface area (Å²) in [5.74, 6) is -1.24. The Morgan fingerprint density at radius 3 is 2.54 bits per heavy atom. The minimum atomic E-state index is -0.943. The molecule has 6 nitrogen and oxygen atoms in total. The molecule has 26 heavy (non-hydrogen) atoms. The molecule has 0 fully saturated rings. The quantitative estimate of drug-likeness (QED) is 0.657. The highest BCUT2D eigenvalue weighted by atomic mass is 32.1. The van der Waals surface area contributed by atoms with Gasteiger partial charge in [-0.3, -0.25) is 14.9 Å². The Morgan fingerprint density at radius 1 is 1.19 bits per heavy atom. The van der Waals surface area contributed by atoms with E-state index in [1.165, 1.54) is 22.5 Å². The molecule has 1 amide bonds. The van der Waals surface area contributed by atoms with E-state index in [1.807, 2.05) is 19.2 Å². The van der Waals surface area contributed by atoms with Crippen LogP contribution in [-0.4, -0.2) is 34.6 Å². The Kier molecular flexibility index (Phi) is 6.88. The van der Waals surface area contributed by atoms with Gasteiger partial charge in [0, 0.05) is 10.9 Å². The van der Waals surface area contributed by atoms with Gasteiger partial charge >= 0.3 is 5.97 Å². The molecule has 0 radical (unpaired) electrons. The highest BCUT2D eigenvalue weighted by Crippen LogP contribution is 2.29. The number of nitrogens with zero attached hydrogens (tertiary/aromatic N) is 1. The number of aromatic nitrogens is 1. The SMILES string of the molecule is CCCC(NCC(=O)Nc1nc(-c2cc(C)c(C)cc2C)cs1)C(=O)O. The molecule has 3 N–H and O–H groups in total. The molecule has 0 aliphatic rings. The normalized spacial score (nSPS) is 12.0. The fourth-order valence-corrected chi connectivity index (χ4v) is 3.40. The first-order valence-electron chi connectivity index (χ1n) is 8.61. The van der Waals surface area contributed by atoms with Gasteiger partial charge in [-0.15, -0.1) is 11.3 Å². The van der Waals surface area contributed by atoms with E-state index in [4.69, 9.17) is 5.11 Å². The second kappa shape index (κ2) is 8.91. The second-order valence-electron chi connectivity index (χ2n) is 6.40. The Morgan fingerprint density at radius 2 is 1.88 bits per heavy atom. The van der Waals surface area contributed by atoms with Crippen LogP contribution in [0.5, 0.6) is 0 Å². The summed E-state index contributed by atoms with van der Waals surface area (Å²) in [6.07, 6.45) is 1.22. The van der Waals surface area contributed by atoms with Crippen molar-refractivity contribution < 1.29 is 14.7 Å². The zero-order valence-corrected chi connectivity index (χ0v) is 16.4. The van der Waals surface area contributed by atoms with Crippen LogP contribution >= 0.6 is 11.3 Å². The molecule has 0 saturated heterocycles. The van der Waals surface area contributed by atoms with E-state index in [1.54, 1.807) is 0 Å². The summed E-state index contributed by atoms with van der Waals surface area (Å²) in [6.45, 7) is 8.03. The van der Waals surface area contributed by atoms with Crippen LogP contribution in [0.4, 0.5) is 5.13 Å². The minimum Gasteiger partial charge on any atom is -0.480 e. The fraction of sp³-hybridized carbons (Fsp3) is 0.421. The predicted octanol–water partition coefficient (Wildman–Crippen LogP) is 3.52. The number of aryl methyl sites for hydroxylation is 3. The topological polar surface area (TPSA) is 91.3 Å². The average Bonchev–Trinajstić information content (AvgIpc) is 3.02. The largest absolute Gasteiger partial charge is 0.480 e. The number of carboxylic acids is 1. The average molecular weight is 375 g/mol. The standard InChI is InChI=1S/C19H25N3O3S/c1-5-6-15(18(24)25)20-9-17(23)22-19-21-16(10-26-19)14-8-12(3)11(2)7-13(14)4/h7-8,10,15,20H,5-6,9H2,1-4H3,(H,24,25)(H,21,22,23). The Labute approximate surface area is 157 Å². The molecule has 0 aliphatic carbocycles. The number of rotatable bonds is 8. The van der Waals surface area contributed by atoms with E-state index in [0.29, 0.717) is 11.6 Å². The van der Waals surface area contributed by atoms with Crippen molar-refractivity contribution in [2.24, 2.45) is 0 Å². The number of hydrogen-bond donors (Lipinski definition) is 3. The van der Waals surface area contributed by atoms with Gasteiger partial charge in [-0.25, -0.2) is 4.98 Å². The van der Waals surface area contributed by atoms with Gasteiger partial charge in [0.15, 0.2) is 5.13 Å². The maximum Gasteiger partial charge on any atom is 0.320 e. The number of nitrogens with one attached hydrogen (secondary N) is 2. The number of carbonyl (C=O) groups is 2. The van der Waals surface area contributed by atoms with Crippen LogP contribution in [0.15, 0.2) is 17.5 Å². The van der Waals surface area contributed by atoms with Crippen LogP contribution in [0.25, 0.3) is 11.3 Å². The van der Waals surface area contributed by atoms with Crippen molar-refractivity contribution in [2.45, 2.75) is 46.6 Å². The van der Waals surface area contributed by atoms with Crippen molar-refractivity contribution >= 4 is 28.3 Å². The lowest BCUT2D eigenvalue weighted by molar-refractivity contribution is -0.139. The third-order valence-corrected chi connectivity index (χ3v) is 5.01. The van der Waals surface area contributed by atoms with E-state index in [2.05, 4.69) is 41.6 Å². The predicted molar refractivity (Wildman–Crippen MR) is 105 cm³/mol. The zero-order chi connectivity index (χ0) is 19.3. The summed E-state index contributed by atoms with van der Waals surface area (Å²) in [7, 11) is 0.